The molecular weight excluding hydrogens is 396 g/mol. The predicted octanol–water partition coefficient (Wildman–Crippen LogP) is 4.56. The number of imidazole rings is 1. The van der Waals surface area contributed by atoms with Gasteiger partial charge in [0.25, 0.3) is 0 Å². The van der Waals surface area contributed by atoms with Gasteiger partial charge < -0.3 is 9.30 Å². The number of hydrogen-bond acceptors (Lipinski definition) is 5. The number of carbonyl (C=O) groups is 1. The van der Waals surface area contributed by atoms with Crippen molar-refractivity contribution < 1.29 is 9.53 Å². The van der Waals surface area contributed by atoms with Crippen LogP contribution in [-0.2, 0) is 17.8 Å². The molecule has 0 bridgehead atoms. The molecule has 0 radical (unpaired) electrons. The maximum Gasteiger partial charge on any atom is 0.233 e. The molecule has 0 saturated heterocycles. The summed E-state index contributed by atoms with van der Waals surface area (Å²) in [7, 11) is 0. The largest absolute Gasteiger partial charge is 0.492 e. The van der Waals surface area contributed by atoms with E-state index in [0.717, 1.165) is 34.5 Å². The van der Waals surface area contributed by atoms with Crippen molar-refractivity contribution in [3.63, 3.8) is 0 Å². The summed E-state index contributed by atoms with van der Waals surface area (Å²) in [5.74, 6) is 0.801. The van der Waals surface area contributed by atoms with Gasteiger partial charge >= 0.3 is 0 Å². The maximum atomic E-state index is 13.2. The van der Waals surface area contributed by atoms with Gasteiger partial charge in [-0.05, 0) is 31.0 Å². The monoisotopic (exact) mass is 420 g/mol. The molecule has 0 N–H and O–H groups in total. The van der Waals surface area contributed by atoms with E-state index in [9.17, 15) is 4.79 Å². The zero-order valence-corrected chi connectivity index (χ0v) is 17.7. The second kappa shape index (κ2) is 9.54. The van der Waals surface area contributed by atoms with Gasteiger partial charge in [0, 0.05) is 25.5 Å². The third-order valence-electron chi connectivity index (χ3n) is 4.76. The van der Waals surface area contributed by atoms with Gasteiger partial charge in [0.15, 0.2) is 5.13 Å². The van der Waals surface area contributed by atoms with Gasteiger partial charge in [-0.1, -0.05) is 47.7 Å². The highest BCUT2D eigenvalue weighted by atomic mass is 32.1. The lowest BCUT2D eigenvalue weighted by molar-refractivity contribution is -0.118. The molecule has 1 amide bonds. The van der Waals surface area contributed by atoms with Crippen LogP contribution in [0.3, 0.4) is 0 Å². The third kappa shape index (κ3) is 4.68. The van der Waals surface area contributed by atoms with Crippen molar-refractivity contribution in [2.75, 3.05) is 18.1 Å². The summed E-state index contributed by atoms with van der Waals surface area (Å²) in [6.45, 7) is 3.92. The number of para-hydroxylation sites is 1. The van der Waals surface area contributed by atoms with Crippen molar-refractivity contribution in [2.45, 2.75) is 26.3 Å². The highest BCUT2D eigenvalue weighted by Crippen LogP contribution is 2.34. The lowest BCUT2D eigenvalue weighted by atomic mass is 10.1. The van der Waals surface area contributed by atoms with Crippen LogP contribution in [0.2, 0.25) is 0 Å². The van der Waals surface area contributed by atoms with Crippen LogP contribution in [0.25, 0.3) is 10.2 Å². The number of fused-ring (bicyclic) bond motifs is 1. The first-order valence-corrected chi connectivity index (χ1v) is 10.9. The maximum absolute atomic E-state index is 13.2. The molecular formula is C23H24N4O2S. The zero-order valence-electron chi connectivity index (χ0n) is 16.9. The molecule has 0 atom stereocenters. The van der Waals surface area contributed by atoms with Crippen molar-refractivity contribution in [1.82, 2.24) is 14.5 Å². The molecule has 0 fully saturated rings. The van der Waals surface area contributed by atoms with Crippen LogP contribution in [0, 0.1) is 0 Å². The lowest BCUT2D eigenvalue weighted by Crippen LogP contribution is -2.33. The molecule has 2 heterocycles. The Kier molecular flexibility index (Phi) is 6.39. The van der Waals surface area contributed by atoms with Gasteiger partial charge in [0.1, 0.15) is 11.3 Å². The summed E-state index contributed by atoms with van der Waals surface area (Å²) in [5.41, 5.74) is 1.81. The highest BCUT2D eigenvalue weighted by Gasteiger charge is 2.21. The first-order valence-electron chi connectivity index (χ1n) is 10.1. The minimum atomic E-state index is 0.0452. The molecule has 0 aliphatic carbocycles. The topological polar surface area (TPSA) is 60.2 Å². The number of ether oxygens (including phenoxy) is 1. The molecule has 0 aliphatic heterocycles. The second-order valence-electron chi connectivity index (χ2n) is 6.89. The van der Waals surface area contributed by atoms with Crippen LogP contribution in [0.4, 0.5) is 5.13 Å². The Labute approximate surface area is 179 Å². The Hall–Kier alpha value is -3.19. The van der Waals surface area contributed by atoms with Crippen molar-refractivity contribution in [3.8, 4) is 5.75 Å². The highest BCUT2D eigenvalue weighted by molar-refractivity contribution is 7.22. The Morgan fingerprint density at radius 1 is 1.17 bits per heavy atom. The normalized spacial score (nSPS) is 11.0. The average Bonchev–Trinajstić information content (AvgIpc) is 3.42. The molecule has 7 heteroatoms. The van der Waals surface area contributed by atoms with Gasteiger partial charge in [-0.25, -0.2) is 9.97 Å². The lowest BCUT2D eigenvalue weighted by Gasteiger charge is -2.20. The van der Waals surface area contributed by atoms with Gasteiger partial charge in [-0.15, -0.1) is 0 Å². The van der Waals surface area contributed by atoms with E-state index in [0.29, 0.717) is 24.7 Å². The number of nitrogens with zero attached hydrogens (tertiary/aromatic N) is 4. The van der Waals surface area contributed by atoms with Gasteiger partial charge in [-0.2, -0.15) is 0 Å². The van der Waals surface area contributed by atoms with Crippen LogP contribution < -0.4 is 9.64 Å². The Morgan fingerprint density at radius 2 is 2.03 bits per heavy atom. The number of carbonyl (C=O) groups excluding carboxylic acids is 1. The van der Waals surface area contributed by atoms with E-state index in [1.54, 1.807) is 12.5 Å². The van der Waals surface area contributed by atoms with Crippen molar-refractivity contribution in [1.29, 1.82) is 0 Å². The van der Waals surface area contributed by atoms with Crippen LogP contribution in [0.1, 0.15) is 18.9 Å². The van der Waals surface area contributed by atoms with Crippen molar-refractivity contribution in [3.05, 3.63) is 72.8 Å². The van der Waals surface area contributed by atoms with Crippen LogP contribution in [0.15, 0.2) is 67.3 Å². The molecule has 4 rings (SSSR count). The van der Waals surface area contributed by atoms with E-state index >= 15 is 0 Å². The molecule has 6 nitrogen and oxygen atoms in total. The molecule has 30 heavy (non-hydrogen) atoms. The third-order valence-corrected chi connectivity index (χ3v) is 5.80. The number of hydrogen-bond donors (Lipinski definition) is 0. The first-order chi connectivity index (χ1) is 14.7. The van der Waals surface area contributed by atoms with E-state index < -0.39 is 0 Å². The summed E-state index contributed by atoms with van der Waals surface area (Å²) in [4.78, 5) is 23.9. The number of amides is 1. The standard InChI is InChI=1S/C23H24N4O2S/c1-2-29-19-10-6-11-20-22(19)25-23(30-20)27(14-7-13-26-15-12-24-17-26)21(28)16-18-8-4-3-5-9-18/h3-6,8-12,15,17H,2,7,13-14,16H2,1H3. The minimum Gasteiger partial charge on any atom is -0.492 e. The smallest absolute Gasteiger partial charge is 0.233 e. The summed E-state index contributed by atoms with van der Waals surface area (Å²) in [6.07, 6.45) is 6.65. The van der Waals surface area contributed by atoms with Gasteiger partial charge in [-0.3, -0.25) is 9.69 Å². The minimum absolute atomic E-state index is 0.0452. The predicted molar refractivity (Wildman–Crippen MR) is 120 cm³/mol. The first kappa shape index (κ1) is 20.1. The molecule has 4 aromatic rings. The van der Waals surface area contributed by atoms with E-state index in [1.165, 1.54) is 11.3 Å². The molecule has 2 aromatic heterocycles. The van der Waals surface area contributed by atoms with Crippen molar-refractivity contribution >= 4 is 32.6 Å². The fraction of sp³-hybridized carbons (Fsp3) is 0.261. The van der Waals surface area contributed by atoms with E-state index in [1.807, 2.05) is 71.1 Å². The van der Waals surface area contributed by atoms with Crippen LogP contribution >= 0.6 is 11.3 Å². The number of anilines is 1. The number of thiazole rings is 1. The average molecular weight is 421 g/mol. The summed E-state index contributed by atoms with van der Waals surface area (Å²) >= 11 is 1.53. The number of aromatic nitrogens is 3. The Balaban J connectivity index is 1.59. The zero-order chi connectivity index (χ0) is 20.8. The van der Waals surface area contributed by atoms with E-state index in [4.69, 9.17) is 9.72 Å². The number of aryl methyl sites for hydroxylation is 1. The second-order valence-corrected chi connectivity index (χ2v) is 7.90. The molecule has 0 saturated carbocycles. The number of benzene rings is 2. The SMILES string of the molecule is CCOc1cccc2sc(N(CCCn3ccnc3)C(=O)Cc3ccccc3)nc12. The van der Waals surface area contributed by atoms with Crippen LogP contribution in [-0.4, -0.2) is 33.6 Å². The molecule has 0 unspecified atom stereocenters. The Bertz CT molecular complexity index is 1090. The van der Waals surface area contributed by atoms with Gasteiger partial charge in [0.05, 0.1) is 24.1 Å². The molecule has 154 valence electrons. The van der Waals surface area contributed by atoms with Crippen LogP contribution in [0.5, 0.6) is 5.75 Å². The fourth-order valence-electron chi connectivity index (χ4n) is 3.32. The fourth-order valence-corrected chi connectivity index (χ4v) is 4.35. The quantitative estimate of drug-likeness (QED) is 0.398. The summed E-state index contributed by atoms with van der Waals surface area (Å²) in [5, 5.41) is 0.712. The van der Waals surface area contributed by atoms with Gasteiger partial charge in [0.2, 0.25) is 5.91 Å². The number of rotatable bonds is 9. The molecule has 0 spiro atoms. The van der Waals surface area contributed by atoms with E-state index in [-0.39, 0.29) is 5.91 Å². The molecule has 0 aliphatic rings. The molecule has 2 aromatic carbocycles. The summed E-state index contributed by atoms with van der Waals surface area (Å²) in [6, 6.07) is 15.7. The Morgan fingerprint density at radius 3 is 2.80 bits per heavy atom. The van der Waals surface area contributed by atoms with Crippen molar-refractivity contribution in [2.24, 2.45) is 0 Å². The summed E-state index contributed by atoms with van der Waals surface area (Å²) < 4.78 is 8.76. The van der Waals surface area contributed by atoms with E-state index in [2.05, 4.69) is 4.98 Å².